The van der Waals surface area contributed by atoms with Crippen LogP contribution in [0.1, 0.15) is 0 Å². The second kappa shape index (κ2) is 7.40. The number of rotatable bonds is 5. The van der Waals surface area contributed by atoms with Gasteiger partial charge in [0.2, 0.25) is 0 Å². The third kappa shape index (κ3) is 4.29. The molecule has 2 aromatic carbocycles. The van der Waals surface area contributed by atoms with Crippen LogP contribution in [0.2, 0.25) is 0 Å². The number of nitrogens with zero attached hydrogens (tertiary/aromatic N) is 1. The fourth-order valence-electron chi connectivity index (χ4n) is 2.03. The van der Waals surface area contributed by atoms with Crippen LogP contribution >= 0.6 is 0 Å². The van der Waals surface area contributed by atoms with E-state index in [4.69, 9.17) is 9.47 Å². The van der Waals surface area contributed by atoms with Crippen LogP contribution < -0.4 is 25.0 Å². The van der Waals surface area contributed by atoms with E-state index >= 15 is 0 Å². The lowest BCUT2D eigenvalue weighted by Gasteiger charge is -2.14. The summed E-state index contributed by atoms with van der Waals surface area (Å²) in [5, 5.41) is 5.54. The van der Waals surface area contributed by atoms with E-state index in [1.165, 1.54) is 7.11 Å². The predicted octanol–water partition coefficient (Wildman–Crippen LogP) is 3.41. The fraction of sp³-hybridized carbons (Fsp3) is 0.235. The molecule has 122 valence electrons. The third-order valence-corrected chi connectivity index (χ3v) is 3.30. The van der Waals surface area contributed by atoms with Crippen molar-refractivity contribution >= 4 is 23.1 Å². The van der Waals surface area contributed by atoms with E-state index < -0.39 is 0 Å². The van der Waals surface area contributed by atoms with Crippen molar-refractivity contribution in [3.8, 4) is 11.5 Å². The summed E-state index contributed by atoms with van der Waals surface area (Å²) in [4.78, 5) is 14.1. The molecule has 0 aliphatic carbocycles. The summed E-state index contributed by atoms with van der Waals surface area (Å²) in [6.45, 7) is 0. The number of urea groups is 1. The molecule has 0 aliphatic rings. The Hall–Kier alpha value is -2.89. The Morgan fingerprint density at radius 2 is 1.65 bits per heavy atom. The fourth-order valence-corrected chi connectivity index (χ4v) is 2.03. The molecule has 2 amide bonds. The molecule has 0 atom stereocenters. The Labute approximate surface area is 136 Å². The van der Waals surface area contributed by atoms with E-state index in [1.807, 2.05) is 43.3 Å². The Bertz CT molecular complexity index is 669. The zero-order valence-electron chi connectivity index (χ0n) is 13.7. The lowest BCUT2D eigenvalue weighted by atomic mass is 10.2. The largest absolute Gasteiger partial charge is 0.497 e. The van der Waals surface area contributed by atoms with Crippen molar-refractivity contribution in [3.63, 3.8) is 0 Å². The molecule has 0 saturated carbocycles. The number of anilines is 3. The van der Waals surface area contributed by atoms with Gasteiger partial charge >= 0.3 is 6.03 Å². The molecule has 0 bridgehead atoms. The van der Waals surface area contributed by atoms with Crippen LogP contribution in [-0.4, -0.2) is 34.3 Å². The second-order valence-electron chi connectivity index (χ2n) is 5.09. The average Bonchev–Trinajstić information content (AvgIpc) is 2.55. The number of hydrogen-bond acceptors (Lipinski definition) is 4. The van der Waals surface area contributed by atoms with Crippen LogP contribution in [0.5, 0.6) is 11.5 Å². The highest BCUT2D eigenvalue weighted by Gasteiger charge is 2.09. The van der Waals surface area contributed by atoms with Crippen LogP contribution in [0.25, 0.3) is 0 Å². The van der Waals surface area contributed by atoms with Crippen LogP contribution in [0.4, 0.5) is 21.9 Å². The number of amides is 2. The SMILES string of the molecule is COc1ccc(NC(=O)Nc2ccc(N(C)C)cc2)c(OC)c1. The maximum atomic E-state index is 12.1. The van der Waals surface area contributed by atoms with Gasteiger partial charge in [0.1, 0.15) is 11.5 Å². The predicted molar refractivity (Wildman–Crippen MR) is 93.0 cm³/mol. The van der Waals surface area contributed by atoms with Crippen LogP contribution in [0.15, 0.2) is 42.5 Å². The highest BCUT2D eigenvalue weighted by molar-refractivity contribution is 6.00. The number of benzene rings is 2. The van der Waals surface area contributed by atoms with Gasteiger partial charge in [-0.3, -0.25) is 0 Å². The molecule has 2 rings (SSSR count). The lowest BCUT2D eigenvalue weighted by Crippen LogP contribution is -2.20. The van der Waals surface area contributed by atoms with Crippen molar-refractivity contribution in [2.45, 2.75) is 0 Å². The second-order valence-corrected chi connectivity index (χ2v) is 5.09. The smallest absolute Gasteiger partial charge is 0.323 e. The maximum absolute atomic E-state index is 12.1. The quantitative estimate of drug-likeness (QED) is 0.887. The van der Waals surface area contributed by atoms with Gasteiger partial charge in [-0.1, -0.05) is 0 Å². The van der Waals surface area contributed by atoms with Gasteiger partial charge in [0.15, 0.2) is 0 Å². The molecule has 23 heavy (non-hydrogen) atoms. The minimum atomic E-state index is -0.342. The maximum Gasteiger partial charge on any atom is 0.323 e. The minimum Gasteiger partial charge on any atom is -0.497 e. The molecule has 0 aliphatic heterocycles. The number of hydrogen-bond donors (Lipinski definition) is 2. The minimum absolute atomic E-state index is 0.342. The van der Waals surface area contributed by atoms with Crippen molar-refractivity contribution in [2.24, 2.45) is 0 Å². The van der Waals surface area contributed by atoms with Crippen molar-refractivity contribution in [2.75, 3.05) is 43.8 Å². The summed E-state index contributed by atoms with van der Waals surface area (Å²) >= 11 is 0. The molecule has 2 N–H and O–H groups in total. The van der Waals surface area contributed by atoms with Gasteiger partial charge in [0, 0.05) is 31.5 Å². The molecular weight excluding hydrogens is 294 g/mol. The first-order valence-electron chi connectivity index (χ1n) is 7.11. The van der Waals surface area contributed by atoms with Gasteiger partial charge in [0.25, 0.3) is 0 Å². The van der Waals surface area contributed by atoms with Gasteiger partial charge in [-0.05, 0) is 36.4 Å². The Balaban J connectivity index is 2.04. The first-order chi connectivity index (χ1) is 11.0. The van der Waals surface area contributed by atoms with Crippen molar-refractivity contribution in [3.05, 3.63) is 42.5 Å². The highest BCUT2D eigenvalue weighted by atomic mass is 16.5. The topological polar surface area (TPSA) is 62.8 Å². The summed E-state index contributed by atoms with van der Waals surface area (Å²) in [5.41, 5.74) is 2.34. The van der Waals surface area contributed by atoms with Gasteiger partial charge < -0.3 is 25.0 Å². The molecule has 0 heterocycles. The number of nitrogens with one attached hydrogen (secondary N) is 2. The van der Waals surface area contributed by atoms with E-state index in [2.05, 4.69) is 10.6 Å². The standard InChI is InChI=1S/C17H21N3O3/c1-20(2)13-7-5-12(6-8-13)18-17(21)19-15-10-9-14(22-3)11-16(15)23-4/h5-11H,1-4H3,(H2,18,19,21). The molecule has 0 fully saturated rings. The molecule has 6 heteroatoms. The Morgan fingerprint density at radius 3 is 2.22 bits per heavy atom. The van der Waals surface area contributed by atoms with E-state index in [9.17, 15) is 4.79 Å². The molecule has 0 saturated heterocycles. The van der Waals surface area contributed by atoms with Gasteiger partial charge in [0.05, 0.1) is 19.9 Å². The summed E-state index contributed by atoms with van der Waals surface area (Å²) in [5.74, 6) is 1.19. The van der Waals surface area contributed by atoms with Crippen molar-refractivity contribution in [1.82, 2.24) is 0 Å². The normalized spacial score (nSPS) is 9.91. The summed E-state index contributed by atoms with van der Waals surface area (Å²) < 4.78 is 10.4. The van der Waals surface area contributed by atoms with Crippen molar-refractivity contribution < 1.29 is 14.3 Å². The van der Waals surface area contributed by atoms with Crippen LogP contribution in [-0.2, 0) is 0 Å². The third-order valence-electron chi connectivity index (χ3n) is 3.30. The zero-order chi connectivity index (χ0) is 16.8. The summed E-state index contributed by atoms with van der Waals surface area (Å²) in [6, 6.07) is 12.4. The lowest BCUT2D eigenvalue weighted by molar-refractivity contribution is 0.262. The molecule has 0 radical (unpaired) electrons. The Morgan fingerprint density at radius 1 is 0.957 bits per heavy atom. The zero-order valence-corrected chi connectivity index (χ0v) is 13.7. The highest BCUT2D eigenvalue weighted by Crippen LogP contribution is 2.29. The van der Waals surface area contributed by atoms with E-state index in [0.29, 0.717) is 22.9 Å². The molecular formula is C17H21N3O3. The van der Waals surface area contributed by atoms with Crippen molar-refractivity contribution in [1.29, 1.82) is 0 Å². The first kappa shape index (κ1) is 16.5. The monoisotopic (exact) mass is 315 g/mol. The number of ether oxygens (including phenoxy) is 2. The van der Waals surface area contributed by atoms with Gasteiger partial charge in [-0.15, -0.1) is 0 Å². The van der Waals surface area contributed by atoms with Crippen LogP contribution in [0, 0.1) is 0 Å². The van der Waals surface area contributed by atoms with Gasteiger partial charge in [-0.25, -0.2) is 4.79 Å². The molecule has 6 nitrogen and oxygen atoms in total. The number of carbonyl (C=O) groups is 1. The van der Waals surface area contributed by atoms with Gasteiger partial charge in [-0.2, -0.15) is 0 Å². The summed E-state index contributed by atoms with van der Waals surface area (Å²) in [7, 11) is 7.04. The van der Waals surface area contributed by atoms with E-state index in [-0.39, 0.29) is 6.03 Å². The van der Waals surface area contributed by atoms with E-state index in [0.717, 1.165) is 5.69 Å². The van der Waals surface area contributed by atoms with E-state index in [1.54, 1.807) is 25.3 Å². The number of carbonyl (C=O) groups excluding carboxylic acids is 1. The molecule has 0 aromatic heterocycles. The number of methoxy groups -OCH3 is 2. The Kier molecular flexibility index (Phi) is 5.30. The average molecular weight is 315 g/mol. The first-order valence-corrected chi connectivity index (χ1v) is 7.11. The van der Waals surface area contributed by atoms with Crippen LogP contribution in [0.3, 0.4) is 0 Å². The molecule has 2 aromatic rings. The summed E-state index contributed by atoms with van der Waals surface area (Å²) in [6.07, 6.45) is 0. The molecule has 0 unspecified atom stereocenters. The molecule has 0 spiro atoms.